The molecule has 2 N–H and O–H groups in total. The van der Waals surface area contributed by atoms with Crippen molar-refractivity contribution < 1.29 is 0 Å². The fourth-order valence-electron chi connectivity index (χ4n) is 8.23. The molecule has 0 aromatic heterocycles. The Kier molecular flexibility index (Phi) is 4.23. The van der Waals surface area contributed by atoms with Crippen LogP contribution in [0.15, 0.2) is 12.2 Å². The summed E-state index contributed by atoms with van der Waals surface area (Å²) in [5, 5.41) is 0. The topological polar surface area (TPSA) is 26.0 Å². The van der Waals surface area contributed by atoms with Crippen LogP contribution in [0.3, 0.4) is 0 Å². The zero-order valence-electron chi connectivity index (χ0n) is 17.2. The molecule has 0 bridgehead atoms. The Hall–Kier alpha value is -0.300. The molecular weight excluding hydrogens is 302 g/mol. The van der Waals surface area contributed by atoms with Gasteiger partial charge in [0.05, 0.1) is 0 Å². The maximum absolute atomic E-state index is 7.50. The molecule has 7 unspecified atom stereocenters. The molecule has 7 atom stereocenters. The minimum atomic E-state index is 0.0139. The number of nitrogens with two attached hydrogens (primary N) is 1. The van der Waals surface area contributed by atoms with Gasteiger partial charge in [-0.15, -0.1) is 0 Å². The van der Waals surface area contributed by atoms with Gasteiger partial charge in [0.25, 0.3) is 0 Å². The molecule has 0 spiro atoms. The summed E-state index contributed by atoms with van der Waals surface area (Å²) >= 11 is 0. The van der Waals surface area contributed by atoms with Crippen LogP contribution in [0.5, 0.6) is 0 Å². The minimum Gasteiger partial charge on any atom is -0.324 e. The average molecular weight is 344 g/mol. The molecule has 0 aromatic carbocycles. The molecule has 0 aliphatic heterocycles. The van der Waals surface area contributed by atoms with Gasteiger partial charge in [-0.2, -0.15) is 0 Å². The van der Waals surface area contributed by atoms with Crippen molar-refractivity contribution in [2.45, 2.75) is 104 Å². The lowest BCUT2D eigenvalue weighted by molar-refractivity contribution is -0.130. The highest BCUT2D eigenvalue weighted by atomic mass is 14.9. The molecule has 0 amide bonds. The van der Waals surface area contributed by atoms with E-state index in [2.05, 4.69) is 39.8 Å². The van der Waals surface area contributed by atoms with Gasteiger partial charge in [-0.1, -0.05) is 65.5 Å². The first-order chi connectivity index (χ1) is 11.8. The number of hydrogen-bond donors (Lipinski definition) is 1. The largest absolute Gasteiger partial charge is 0.324 e. The van der Waals surface area contributed by atoms with Crippen molar-refractivity contribution in [3.63, 3.8) is 0 Å². The molecule has 1 heteroatoms. The predicted octanol–water partition coefficient (Wildman–Crippen LogP) is 6.47. The van der Waals surface area contributed by atoms with Gasteiger partial charge in [0.1, 0.15) is 0 Å². The lowest BCUT2D eigenvalue weighted by atomic mass is 9.38. The summed E-state index contributed by atoms with van der Waals surface area (Å²) in [6, 6.07) is 0. The van der Waals surface area contributed by atoms with Crippen molar-refractivity contribution in [1.82, 2.24) is 0 Å². The second-order valence-corrected chi connectivity index (χ2v) is 10.8. The first-order valence-corrected chi connectivity index (χ1v) is 11.3. The third-order valence-corrected chi connectivity index (χ3v) is 10.2. The average Bonchev–Trinajstić information content (AvgIpc) is 2.93. The van der Waals surface area contributed by atoms with Crippen LogP contribution >= 0.6 is 0 Å². The molecule has 0 saturated heterocycles. The Balaban J connectivity index is 1.75. The molecule has 4 rings (SSSR count). The number of rotatable bonds is 3. The molecule has 0 heterocycles. The highest BCUT2D eigenvalue weighted by molar-refractivity contribution is 5.32. The Morgan fingerprint density at radius 2 is 1.76 bits per heavy atom. The molecular formula is C24H41N. The van der Waals surface area contributed by atoms with Crippen LogP contribution in [-0.4, -0.2) is 5.54 Å². The van der Waals surface area contributed by atoms with Crippen molar-refractivity contribution in [3.8, 4) is 0 Å². The third kappa shape index (κ3) is 2.17. The molecule has 142 valence electrons. The van der Waals surface area contributed by atoms with E-state index in [4.69, 9.17) is 5.73 Å². The Labute approximate surface area is 156 Å². The van der Waals surface area contributed by atoms with Gasteiger partial charge in [-0.05, 0) is 73.5 Å². The predicted molar refractivity (Wildman–Crippen MR) is 107 cm³/mol. The van der Waals surface area contributed by atoms with Crippen molar-refractivity contribution in [2.75, 3.05) is 0 Å². The summed E-state index contributed by atoms with van der Waals surface area (Å²) < 4.78 is 0. The van der Waals surface area contributed by atoms with E-state index < -0.39 is 0 Å². The van der Waals surface area contributed by atoms with E-state index in [0.29, 0.717) is 16.7 Å². The molecule has 4 aliphatic rings. The second-order valence-electron chi connectivity index (χ2n) is 10.8. The van der Waals surface area contributed by atoms with Gasteiger partial charge in [0, 0.05) is 11.0 Å². The van der Waals surface area contributed by atoms with E-state index >= 15 is 0 Å². The third-order valence-electron chi connectivity index (χ3n) is 10.2. The molecule has 3 fully saturated rings. The molecule has 25 heavy (non-hydrogen) atoms. The lowest BCUT2D eigenvalue weighted by Gasteiger charge is -2.68. The molecule has 0 aromatic rings. The standard InChI is InChI=1S/C24H41N/c1-5-6-9-18-11-12-20-21(18,2)16-17-23(4)22(3)14-8-7-10-19(22)13-15-24(20,23)25/h16-20H,5-15,25H2,1-4H3. The number of unbranched alkanes of at least 4 members (excludes halogenated alkanes) is 1. The molecule has 0 radical (unpaired) electrons. The second kappa shape index (κ2) is 5.85. The van der Waals surface area contributed by atoms with Crippen LogP contribution in [0.1, 0.15) is 98.3 Å². The number of hydrogen-bond acceptors (Lipinski definition) is 1. The van der Waals surface area contributed by atoms with Gasteiger partial charge in [0.15, 0.2) is 0 Å². The van der Waals surface area contributed by atoms with E-state index in [9.17, 15) is 0 Å². The Morgan fingerprint density at radius 1 is 0.960 bits per heavy atom. The van der Waals surface area contributed by atoms with E-state index in [0.717, 1.165) is 11.8 Å². The fraction of sp³-hybridized carbons (Fsp3) is 0.917. The maximum atomic E-state index is 7.50. The van der Waals surface area contributed by atoms with Crippen LogP contribution in [0.2, 0.25) is 0 Å². The van der Waals surface area contributed by atoms with Crippen LogP contribution < -0.4 is 5.73 Å². The maximum Gasteiger partial charge on any atom is 0.0286 e. The summed E-state index contributed by atoms with van der Waals surface area (Å²) in [6.45, 7) is 10.1. The van der Waals surface area contributed by atoms with Crippen LogP contribution in [-0.2, 0) is 0 Å². The first kappa shape index (κ1) is 18.1. The van der Waals surface area contributed by atoms with E-state index in [1.54, 1.807) is 0 Å². The van der Waals surface area contributed by atoms with Gasteiger partial charge < -0.3 is 5.73 Å². The Bertz CT molecular complexity index is 552. The summed E-state index contributed by atoms with van der Waals surface area (Å²) in [6.07, 6.45) is 20.5. The van der Waals surface area contributed by atoms with Crippen LogP contribution in [0.25, 0.3) is 0 Å². The summed E-state index contributed by atoms with van der Waals surface area (Å²) in [7, 11) is 0. The molecule has 3 saturated carbocycles. The van der Waals surface area contributed by atoms with Gasteiger partial charge in [-0.25, -0.2) is 0 Å². The highest BCUT2D eigenvalue weighted by Gasteiger charge is 2.68. The Morgan fingerprint density at radius 3 is 2.52 bits per heavy atom. The van der Waals surface area contributed by atoms with Crippen molar-refractivity contribution in [3.05, 3.63) is 12.2 Å². The van der Waals surface area contributed by atoms with Gasteiger partial charge >= 0.3 is 0 Å². The first-order valence-electron chi connectivity index (χ1n) is 11.3. The molecule has 1 nitrogen and oxygen atoms in total. The summed E-state index contributed by atoms with van der Waals surface area (Å²) in [4.78, 5) is 0. The van der Waals surface area contributed by atoms with Gasteiger partial charge in [0.2, 0.25) is 0 Å². The SMILES string of the molecule is CCCCC1CCC2C1(C)C=CC1(C)C3(C)CCCCC3CCC21N. The zero-order valence-corrected chi connectivity index (χ0v) is 17.2. The lowest BCUT2D eigenvalue weighted by Crippen LogP contribution is -2.71. The molecule has 4 aliphatic carbocycles. The minimum absolute atomic E-state index is 0.0139. The van der Waals surface area contributed by atoms with Crippen LogP contribution in [0.4, 0.5) is 0 Å². The zero-order chi connectivity index (χ0) is 17.9. The van der Waals surface area contributed by atoms with Crippen molar-refractivity contribution in [2.24, 2.45) is 39.7 Å². The quantitative estimate of drug-likeness (QED) is 0.584. The summed E-state index contributed by atoms with van der Waals surface area (Å²) in [5.74, 6) is 2.45. The van der Waals surface area contributed by atoms with E-state index in [-0.39, 0.29) is 11.0 Å². The van der Waals surface area contributed by atoms with Crippen LogP contribution in [0, 0.1) is 34.0 Å². The smallest absolute Gasteiger partial charge is 0.0286 e. The van der Waals surface area contributed by atoms with Crippen molar-refractivity contribution in [1.29, 1.82) is 0 Å². The monoisotopic (exact) mass is 343 g/mol. The fourth-order valence-corrected chi connectivity index (χ4v) is 8.23. The summed E-state index contributed by atoms with van der Waals surface area (Å²) in [5.41, 5.74) is 8.47. The normalized spacial score (nSPS) is 54.7. The van der Waals surface area contributed by atoms with E-state index in [1.807, 2.05) is 0 Å². The number of fused-ring (bicyclic) bond motifs is 5. The highest BCUT2D eigenvalue weighted by Crippen LogP contribution is 2.71. The number of allylic oxidation sites excluding steroid dienone is 1. The van der Waals surface area contributed by atoms with Crippen molar-refractivity contribution >= 4 is 0 Å². The van der Waals surface area contributed by atoms with Gasteiger partial charge in [-0.3, -0.25) is 0 Å². The van der Waals surface area contributed by atoms with E-state index in [1.165, 1.54) is 70.6 Å².